The van der Waals surface area contributed by atoms with E-state index in [1.54, 1.807) is 6.92 Å². The predicted octanol–water partition coefficient (Wildman–Crippen LogP) is 1.21. The average Bonchev–Trinajstić information content (AvgIpc) is 2.88. The standard InChI is InChI=1S/C14H16N4O6S/c1-3-24-13-12(16-25(23)17-13)15-9-6-4-5-8(11(9)21)14(22)18(2)7-10(19)20/h4-6,21H,3,7H2,1-2H3,(H,15,16)(H,19,20). The quantitative estimate of drug-likeness (QED) is 0.484. The normalized spacial score (nSPS) is 11.1. The molecule has 0 spiro atoms. The van der Waals surface area contributed by atoms with Gasteiger partial charge in [0.2, 0.25) is 0 Å². The molecule has 2 rings (SSSR count). The van der Waals surface area contributed by atoms with E-state index in [9.17, 15) is 19.2 Å². The van der Waals surface area contributed by atoms with Crippen LogP contribution in [0, 0.1) is 0 Å². The Kier molecular flexibility index (Phi) is 5.72. The van der Waals surface area contributed by atoms with E-state index in [-0.39, 0.29) is 29.6 Å². The van der Waals surface area contributed by atoms with Crippen LogP contribution in [0.5, 0.6) is 11.6 Å². The van der Waals surface area contributed by atoms with Gasteiger partial charge in [-0.2, -0.15) is 0 Å². The van der Waals surface area contributed by atoms with Gasteiger partial charge in [0.25, 0.3) is 11.7 Å². The Morgan fingerprint density at radius 2 is 2.12 bits per heavy atom. The molecule has 10 nitrogen and oxygen atoms in total. The molecule has 0 radical (unpaired) electrons. The van der Waals surface area contributed by atoms with E-state index in [0.29, 0.717) is 0 Å². The van der Waals surface area contributed by atoms with Crippen molar-refractivity contribution in [1.29, 1.82) is 0 Å². The Labute approximate surface area is 145 Å². The van der Waals surface area contributed by atoms with Crippen LogP contribution in [-0.4, -0.2) is 60.5 Å². The molecule has 3 N–H and O–H groups in total. The fraction of sp³-hybridized carbons (Fsp3) is 0.286. The van der Waals surface area contributed by atoms with Crippen LogP contribution in [0.1, 0.15) is 17.3 Å². The molecule has 1 aromatic heterocycles. The Hall–Kier alpha value is -2.92. The van der Waals surface area contributed by atoms with Crippen molar-refractivity contribution < 1.29 is 29.1 Å². The van der Waals surface area contributed by atoms with Gasteiger partial charge in [-0.3, -0.25) is 9.59 Å². The van der Waals surface area contributed by atoms with Gasteiger partial charge < -0.3 is 29.7 Å². The van der Waals surface area contributed by atoms with Gasteiger partial charge in [-0.15, -0.1) is 0 Å². The zero-order chi connectivity index (χ0) is 18.6. The number of phenols is 1. The zero-order valence-electron chi connectivity index (χ0n) is 13.4. The SMILES string of the molecule is CCOc1n[s+]([O-])nc1Nc1cccc(C(=O)N(C)CC(=O)O)c1O. The molecule has 0 aliphatic heterocycles. The number of rotatable bonds is 7. The summed E-state index contributed by atoms with van der Waals surface area (Å²) in [4.78, 5) is 23.9. The van der Waals surface area contributed by atoms with E-state index < -0.39 is 35.3 Å². The number of aromatic nitrogens is 2. The van der Waals surface area contributed by atoms with Gasteiger partial charge in [0.05, 0.1) is 17.9 Å². The number of hydrogen-bond acceptors (Lipinski definition) is 8. The van der Waals surface area contributed by atoms with Crippen molar-refractivity contribution in [3.8, 4) is 11.6 Å². The van der Waals surface area contributed by atoms with Crippen molar-refractivity contribution in [2.24, 2.45) is 0 Å². The largest absolute Gasteiger partial charge is 0.546 e. The maximum absolute atomic E-state index is 12.3. The van der Waals surface area contributed by atoms with Crippen LogP contribution >= 0.6 is 11.1 Å². The first-order valence-corrected chi connectivity index (χ1v) is 8.18. The van der Waals surface area contributed by atoms with Crippen molar-refractivity contribution in [2.75, 3.05) is 25.5 Å². The molecule has 1 unspecified atom stereocenters. The highest BCUT2D eigenvalue weighted by Crippen LogP contribution is 2.34. The molecule has 11 heteroatoms. The first kappa shape index (κ1) is 18.4. The zero-order valence-corrected chi connectivity index (χ0v) is 14.2. The van der Waals surface area contributed by atoms with Crippen LogP contribution in [-0.2, 0) is 4.79 Å². The summed E-state index contributed by atoms with van der Waals surface area (Å²) < 4.78 is 24.0. The van der Waals surface area contributed by atoms with E-state index in [4.69, 9.17) is 9.84 Å². The molecule has 1 atom stereocenters. The summed E-state index contributed by atoms with van der Waals surface area (Å²) in [5, 5.41) is 21.8. The van der Waals surface area contributed by atoms with Gasteiger partial charge in [0, 0.05) is 15.8 Å². The van der Waals surface area contributed by atoms with Gasteiger partial charge >= 0.3 is 11.8 Å². The Morgan fingerprint density at radius 3 is 2.76 bits per heavy atom. The van der Waals surface area contributed by atoms with E-state index in [2.05, 4.69) is 14.1 Å². The molecular weight excluding hydrogens is 352 g/mol. The molecule has 1 aromatic carbocycles. The molecule has 134 valence electrons. The molecule has 0 fully saturated rings. The number of hydrogen-bond donors (Lipinski definition) is 3. The van der Waals surface area contributed by atoms with Gasteiger partial charge in [-0.05, 0) is 19.1 Å². The smallest absolute Gasteiger partial charge is 0.323 e. The van der Waals surface area contributed by atoms with Crippen molar-refractivity contribution >= 4 is 34.5 Å². The Balaban J connectivity index is 2.29. The van der Waals surface area contributed by atoms with Gasteiger partial charge in [-0.1, -0.05) is 6.07 Å². The number of carbonyl (C=O) groups excluding carboxylic acids is 1. The Morgan fingerprint density at radius 1 is 1.40 bits per heavy atom. The second-order valence-corrected chi connectivity index (χ2v) is 5.71. The lowest BCUT2D eigenvalue weighted by Crippen LogP contribution is -2.32. The number of carboxylic acids is 1. The lowest BCUT2D eigenvalue weighted by molar-refractivity contribution is -0.137. The van der Waals surface area contributed by atoms with E-state index >= 15 is 0 Å². The molecule has 0 aliphatic rings. The minimum absolute atomic E-state index is 0.0277. The highest BCUT2D eigenvalue weighted by molar-refractivity contribution is 7.14. The molecular formula is C14H16N4O6S. The lowest BCUT2D eigenvalue weighted by Gasteiger charge is -2.16. The summed E-state index contributed by atoms with van der Waals surface area (Å²) in [5.41, 5.74) is 0.0167. The minimum Gasteiger partial charge on any atom is -0.546 e. The van der Waals surface area contributed by atoms with E-state index in [1.165, 1.54) is 25.2 Å². The summed E-state index contributed by atoms with van der Waals surface area (Å²) in [7, 11) is 1.31. The molecule has 0 saturated carbocycles. The third kappa shape index (κ3) is 4.33. The summed E-state index contributed by atoms with van der Waals surface area (Å²) in [6.45, 7) is 1.49. The number of likely N-dealkylation sites (N-methyl/N-ethyl adjacent to an activating group) is 1. The second-order valence-electron chi connectivity index (χ2n) is 4.88. The number of ether oxygens (including phenoxy) is 1. The monoisotopic (exact) mass is 368 g/mol. The van der Waals surface area contributed by atoms with Crippen molar-refractivity contribution in [1.82, 2.24) is 13.6 Å². The number of anilines is 2. The van der Waals surface area contributed by atoms with Gasteiger partial charge in [0.15, 0.2) is 16.9 Å². The number of para-hydroxylation sites is 1. The van der Waals surface area contributed by atoms with Crippen molar-refractivity contribution in [3.05, 3.63) is 23.8 Å². The lowest BCUT2D eigenvalue weighted by atomic mass is 10.1. The van der Waals surface area contributed by atoms with Crippen LogP contribution in [0.2, 0.25) is 0 Å². The average molecular weight is 368 g/mol. The third-order valence-corrected chi connectivity index (χ3v) is 3.71. The van der Waals surface area contributed by atoms with Gasteiger partial charge in [0.1, 0.15) is 6.54 Å². The summed E-state index contributed by atoms with van der Waals surface area (Å²) >= 11 is -1.83. The number of phenolic OH excluding ortho intramolecular Hbond substituents is 1. The summed E-state index contributed by atoms with van der Waals surface area (Å²) in [5.74, 6) is -2.16. The van der Waals surface area contributed by atoms with Crippen LogP contribution in [0.4, 0.5) is 11.5 Å². The molecule has 0 aliphatic carbocycles. The number of benzene rings is 1. The third-order valence-electron chi connectivity index (χ3n) is 3.05. The number of carbonyl (C=O) groups is 2. The first-order valence-electron chi connectivity index (χ1n) is 7.12. The van der Waals surface area contributed by atoms with Crippen LogP contribution in [0.15, 0.2) is 18.2 Å². The van der Waals surface area contributed by atoms with Crippen molar-refractivity contribution in [2.45, 2.75) is 6.92 Å². The molecule has 0 saturated heterocycles. The highest BCUT2D eigenvalue weighted by atomic mass is 32.2. The minimum atomic E-state index is -1.83. The number of nitrogens with zero attached hydrogens (tertiary/aromatic N) is 3. The fourth-order valence-electron chi connectivity index (χ4n) is 1.98. The second kappa shape index (κ2) is 7.77. The number of nitrogens with one attached hydrogen (secondary N) is 1. The number of amides is 1. The van der Waals surface area contributed by atoms with Crippen LogP contribution in [0.25, 0.3) is 0 Å². The summed E-state index contributed by atoms with van der Waals surface area (Å²) in [6.07, 6.45) is 0. The van der Waals surface area contributed by atoms with Crippen molar-refractivity contribution in [3.63, 3.8) is 0 Å². The van der Waals surface area contributed by atoms with Crippen LogP contribution in [0.3, 0.4) is 0 Å². The maximum atomic E-state index is 12.3. The first-order chi connectivity index (χ1) is 11.8. The number of carboxylic acid groups (broad SMARTS) is 1. The molecule has 1 amide bonds. The van der Waals surface area contributed by atoms with Gasteiger partial charge in [-0.25, -0.2) is 0 Å². The Bertz CT molecular complexity index is 794. The molecule has 1 heterocycles. The number of aromatic hydroxyl groups is 1. The summed E-state index contributed by atoms with van der Waals surface area (Å²) in [6, 6.07) is 4.32. The predicted molar refractivity (Wildman–Crippen MR) is 87.8 cm³/mol. The highest BCUT2D eigenvalue weighted by Gasteiger charge is 2.22. The van der Waals surface area contributed by atoms with E-state index in [0.717, 1.165) is 4.90 Å². The topological polar surface area (TPSA) is 148 Å². The van der Waals surface area contributed by atoms with E-state index in [1.807, 2.05) is 0 Å². The molecule has 25 heavy (non-hydrogen) atoms. The molecule has 0 bridgehead atoms. The maximum Gasteiger partial charge on any atom is 0.323 e. The molecule has 2 aromatic rings. The number of aliphatic carboxylic acids is 1. The fourth-order valence-corrected chi connectivity index (χ4v) is 2.59. The van der Waals surface area contributed by atoms with Crippen LogP contribution < -0.4 is 10.1 Å².